The van der Waals surface area contributed by atoms with E-state index >= 15 is 0 Å². The van der Waals surface area contributed by atoms with E-state index in [1.54, 1.807) is 12.1 Å². The zero-order valence-corrected chi connectivity index (χ0v) is 9.27. The Bertz CT molecular complexity index is 355. The summed E-state index contributed by atoms with van der Waals surface area (Å²) in [7, 11) is 0. The number of aromatic nitrogens is 1. The fraction of sp³-hybridized carbons (Fsp3) is 0.222. The Morgan fingerprint density at radius 2 is 2.00 bits per heavy atom. The molecule has 88 valence electrons. The molecule has 0 saturated heterocycles. The number of rotatable bonds is 2. The lowest BCUT2D eigenvalue weighted by molar-refractivity contribution is 0.1000. The van der Waals surface area contributed by atoms with Crippen molar-refractivity contribution >= 4 is 17.4 Å². The lowest BCUT2D eigenvalue weighted by atomic mass is 10.3. The van der Waals surface area contributed by atoms with E-state index in [-0.39, 0.29) is 0 Å². The van der Waals surface area contributed by atoms with Crippen LogP contribution in [0.2, 0.25) is 0 Å². The van der Waals surface area contributed by atoms with Crippen LogP contribution in [-0.4, -0.2) is 16.6 Å². The maximum absolute atomic E-state index is 10.5. The van der Waals surface area contributed by atoms with Gasteiger partial charge in [-0.1, -0.05) is 0 Å². The molecule has 1 aromatic rings. The van der Waals surface area contributed by atoms with Crippen LogP contribution in [0.15, 0.2) is 23.4 Å². The Kier molecular flexibility index (Phi) is 6.22. The molecule has 1 amide bonds. The Morgan fingerprint density at radius 3 is 2.25 bits per heavy atom. The predicted molar refractivity (Wildman–Crippen MR) is 63.5 cm³/mol. The van der Waals surface area contributed by atoms with Crippen LogP contribution in [0.3, 0.4) is 0 Å². The van der Waals surface area contributed by atoms with Crippen molar-refractivity contribution in [3.05, 3.63) is 23.9 Å². The van der Waals surface area contributed by atoms with Gasteiger partial charge in [-0.25, -0.2) is 10.8 Å². The number of hydrogen-bond donors (Lipinski definition) is 4. The number of nitrogens with zero attached hydrogens (tertiary/aromatic N) is 2. The van der Waals surface area contributed by atoms with E-state index in [0.29, 0.717) is 11.4 Å². The zero-order valence-electron chi connectivity index (χ0n) is 9.27. The van der Waals surface area contributed by atoms with Gasteiger partial charge in [0.25, 0.3) is 0 Å². The number of pyridine rings is 1. The molecule has 0 unspecified atom stereocenters. The van der Waals surface area contributed by atoms with E-state index in [4.69, 9.17) is 17.4 Å². The molecule has 7 N–H and O–H groups in total. The summed E-state index contributed by atoms with van der Waals surface area (Å²) < 4.78 is 0. The van der Waals surface area contributed by atoms with E-state index in [1.165, 1.54) is 6.20 Å². The first-order chi connectivity index (χ1) is 7.51. The molecule has 16 heavy (non-hydrogen) atoms. The number of hydrogen-bond acceptors (Lipinski definition) is 6. The lowest BCUT2D eigenvalue weighted by Crippen LogP contribution is -2.13. The third-order valence-corrected chi connectivity index (χ3v) is 1.45. The molecule has 0 atom stereocenters. The minimum Gasteiger partial charge on any atom is -0.366 e. The Labute approximate surface area is 93.7 Å². The third-order valence-electron chi connectivity index (χ3n) is 1.45. The minimum absolute atomic E-state index is 0.365. The Morgan fingerprint density at radius 1 is 1.44 bits per heavy atom. The van der Waals surface area contributed by atoms with Gasteiger partial charge >= 0.3 is 0 Å². The van der Waals surface area contributed by atoms with Crippen LogP contribution in [0.4, 0.5) is 5.82 Å². The SMILES string of the molecule is CC(C)=NN.NNc1ccc(C(N)=O)cn1. The summed E-state index contributed by atoms with van der Waals surface area (Å²) in [6, 6.07) is 3.12. The smallest absolute Gasteiger partial charge is 0.250 e. The molecule has 0 spiro atoms. The van der Waals surface area contributed by atoms with Crippen molar-refractivity contribution in [2.45, 2.75) is 13.8 Å². The predicted octanol–water partition coefficient (Wildman–Crippen LogP) is -0.193. The van der Waals surface area contributed by atoms with E-state index in [0.717, 1.165) is 5.71 Å². The largest absolute Gasteiger partial charge is 0.366 e. The summed E-state index contributed by atoms with van der Waals surface area (Å²) in [5.74, 6) is 9.80. The quantitative estimate of drug-likeness (QED) is 0.314. The normalized spacial score (nSPS) is 8.44. The highest BCUT2D eigenvalue weighted by Gasteiger charge is 1.98. The van der Waals surface area contributed by atoms with Crippen LogP contribution in [0, 0.1) is 0 Å². The second-order valence-corrected chi connectivity index (χ2v) is 3.02. The monoisotopic (exact) mass is 224 g/mol. The van der Waals surface area contributed by atoms with Gasteiger partial charge in [0.2, 0.25) is 5.91 Å². The maximum Gasteiger partial charge on any atom is 0.250 e. The van der Waals surface area contributed by atoms with Gasteiger partial charge in [0.1, 0.15) is 5.82 Å². The Hall–Kier alpha value is -2.15. The summed E-state index contributed by atoms with van der Waals surface area (Å²) in [6.45, 7) is 3.69. The van der Waals surface area contributed by atoms with Crippen LogP contribution in [0.25, 0.3) is 0 Å². The molecule has 1 rings (SSSR count). The molecule has 0 aliphatic rings. The highest BCUT2D eigenvalue weighted by molar-refractivity contribution is 5.92. The molecule has 7 nitrogen and oxygen atoms in total. The van der Waals surface area contributed by atoms with Crippen LogP contribution < -0.4 is 22.8 Å². The van der Waals surface area contributed by atoms with Crippen molar-refractivity contribution in [2.75, 3.05) is 5.43 Å². The Balaban J connectivity index is 0.000000385. The number of carbonyl (C=O) groups excluding carboxylic acids is 1. The average Bonchev–Trinajstić information content (AvgIpc) is 2.29. The molecule has 7 heteroatoms. The van der Waals surface area contributed by atoms with E-state index < -0.39 is 5.91 Å². The van der Waals surface area contributed by atoms with Crippen LogP contribution in [-0.2, 0) is 0 Å². The second-order valence-electron chi connectivity index (χ2n) is 3.02. The molecule has 0 aromatic carbocycles. The van der Waals surface area contributed by atoms with Crippen molar-refractivity contribution < 1.29 is 4.79 Å². The van der Waals surface area contributed by atoms with Crippen molar-refractivity contribution in [3.8, 4) is 0 Å². The van der Waals surface area contributed by atoms with Gasteiger partial charge in [0.15, 0.2) is 0 Å². The molecule has 0 saturated carbocycles. The molecular weight excluding hydrogens is 208 g/mol. The fourth-order valence-electron chi connectivity index (χ4n) is 0.625. The van der Waals surface area contributed by atoms with Crippen LogP contribution in [0.1, 0.15) is 24.2 Å². The number of primary amides is 1. The fourth-order valence-corrected chi connectivity index (χ4v) is 0.625. The molecule has 1 heterocycles. The van der Waals surface area contributed by atoms with Gasteiger partial charge in [0, 0.05) is 11.9 Å². The highest BCUT2D eigenvalue weighted by Crippen LogP contribution is 2.01. The van der Waals surface area contributed by atoms with Gasteiger partial charge < -0.3 is 17.0 Å². The van der Waals surface area contributed by atoms with Crippen molar-refractivity contribution in [3.63, 3.8) is 0 Å². The third kappa shape index (κ3) is 5.55. The number of hydrazine groups is 1. The lowest BCUT2D eigenvalue weighted by Gasteiger charge is -1.97. The highest BCUT2D eigenvalue weighted by atomic mass is 16.1. The van der Waals surface area contributed by atoms with Crippen molar-refractivity contribution in [1.29, 1.82) is 0 Å². The number of nitrogens with two attached hydrogens (primary N) is 3. The molecule has 0 bridgehead atoms. The second kappa shape index (κ2) is 7.18. The van der Waals surface area contributed by atoms with Crippen molar-refractivity contribution in [1.82, 2.24) is 4.98 Å². The molecule has 0 radical (unpaired) electrons. The van der Waals surface area contributed by atoms with Crippen LogP contribution >= 0.6 is 0 Å². The molecule has 0 fully saturated rings. The number of hydrazone groups is 1. The number of nitrogen functional groups attached to an aromatic ring is 1. The number of amides is 1. The van der Waals surface area contributed by atoms with E-state index in [1.807, 2.05) is 13.8 Å². The first-order valence-corrected chi connectivity index (χ1v) is 4.44. The first kappa shape index (κ1) is 13.8. The molecule has 0 aliphatic heterocycles. The molecule has 0 aliphatic carbocycles. The van der Waals surface area contributed by atoms with Gasteiger partial charge in [-0.3, -0.25) is 4.79 Å². The average molecular weight is 224 g/mol. The molecule has 1 aromatic heterocycles. The summed E-state index contributed by atoms with van der Waals surface area (Å²) in [6.07, 6.45) is 1.36. The first-order valence-electron chi connectivity index (χ1n) is 4.44. The summed E-state index contributed by atoms with van der Waals surface area (Å²) >= 11 is 0. The van der Waals surface area contributed by atoms with Gasteiger partial charge in [-0.2, -0.15) is 5.10 Å². The van der Waals surface area contributed by atoms with E-state index in [9.17, 15) is 4.79 Å². The summed E-state index contributed by atoms with van der Waals surface area (Å²) in [4.78, 5) is 14.3. The van der Waals surface area contributed by atoms with Gasteiger partial charge in [-0.15, -0.1) is 0 Å². The van der Waals surface area contributed by atoms with Gasteiger partial charge in [0.05, 0.1) is 5.56 Å². The zero-order chi connectivity index (χ0) is 12.6. The minimum atomic E-state index is -0.499. The number of anilines is 1. The standard InChI is InChI=1S/C6H8N4O.C3H8N2/c7-6(11)4-1-2-5(10-8)9-3-4;1-3(2)5-4/h1-3H,8H2,(H2,7,11)(H,9,10);4H2,1-2H3. The summed E-state index contributed by atoms with van der Waals surface area (Å²) in [5.41, 5.74) is 8.58. The maximum atomic E-state index is 10.5. The summed E-state index contributed by atoms with van der Waals surface area (Å²) in [5, 5.41) is 3.31. The molecular formula is C9H16N6O. The van der Waals surface area contributed by atoms with Crippen molar-refractivity contribution in [2.24, 2.45) is 22.5 Å². The van der Waals surface area contributed by atoms with E-state index in [2.05, 4.69) is 15.5 Å². The topological polar surface area (TPSA) is 132 Å². The van der Waals surface area contributed by atoms with Gasteiger partial charge in [-0.05, 0) is 26.0 Å². The number of carbonyl (C=O) groups is 1. The number of nitrogens with one attached hydrogen (secondary N) is 1. The van der Waals surface area contributed by atoms with Crippen LogP contribution in [0.5, 0.6) is 0 Å².